The number of benzene rings is 2. The molecule has 0 saturated carbocycles. The first-order valence-electron chi connectivity index (χ1n) is 9.71. The number of nitrogens with one attached hydrogen (secondary N) is 1. The van der Waals surface area contributed by atoms with Crippen LogP contribution in [0.25, 0.3) is 0 Å². The maximum atomic E-state index is 13.3. The molecule has 3 rings (SSSR count). The van der Waals surface area contributed by atoms with E-state index < -0.39 is 27.6 Å². The zero-order chi connectivity index (χ0) is 21.9. The van der Waals surface area contributed by atoms with Crippen molar-refractivity contribution in [3.05, 3.63) is 59.7 Å². The largest absolute Gasteiger partial charge is 0.396 e. The number of amides is 1. The van der Waals surface area contributed by atoms with Gasteiger partial charge in [-0.3, -0.25) is 4.79 Å². The predicted octanol–water partition coefficient (Wildman–Crippen LogP) is 3.39. The van der Waals surface area contributed by atoms with Gasteiger partial charge in [0.2, 0.25) is 10.0 Å². The summed E-state index contributed by atoms with van der Waals surface area (Å²) >= 11 is 0. The molecule has 2 aromatic carbocycles. The maximum absolute atomic E-state index is 13.3. The standard InChI is InChI=1S/C21H24F2N2O4S/c1-14-11-15(8-10-26)7-9-25(14)30(28,29)18-4-2-3-16(12-18)21(27)24-17-5-6-19(22)20(23)13-17/h2-6,12-15,26H,7-11H2,1H3,(H,24,27). The average Bonchev–Trinajstić information content (AvgIpc) is 2.71. The Bertz CT molecular complexity index is 1030. The summed E-state index contributed by atoms with van der Waals surface area (Å²) in [7, 11) is -3.81. The van der Waals surface area contributed by atoms with Gasteiger partial charge < -0.3 is 10.4 Å². The van der Waals surface area contributed by atoms with Crippen LogP contribution >= 0.6 is 0 Å². The lowest BCUT2D eigenvalue weighted by atomic mass is 9.91. The third-order valence-corrected chi connectivity index (χ3v) is 7.35. The summed E-state index contributed by atoms with van der Waals surface area (Å²) < 4.78 is 54.1. The number of sulfonamides is 1. The lowest BCUT2D eigenvalue weighted by molar-refractivity contribution is 0.102. The maximum Gasteiger partial charge on any atom is 0.255 e. The molecule has 2 N–H and O–H groups in total. The monoisotopic (exact) mass is 438 g/mol. The van der Waals surface area contributed by atoms with E-state index in [-0.39, 0.29) is 34.7 Å². The minimum atomic E-state index is -3.81. The van der Waals surface area contributed by atoms with Crippen molar-refractivity contribution >= 4 is 21.6 Å². The van der Waals surface area contributed by atoms with Crippen LogP contribution < -0.4 is 5.32 Å². The minimum Gasteiger partial charge on any atom is -0.396 e. The highest BCUT2D eigenvalue weighted by Crippen LogP contribution is 2.30. The molecule has 0 radical (unpaired) electrons. The van der Waals surface area contributed by atoms with Crippen LogP contribution in [0, 0.1) is 17.6 Å². The number of carbonyl (C=O) groups excluding carboxylic acids is 1. The van der Waals surface area contributed by atoms with Crippen molar-refractivity contribution in [3.63, 3.8) is 0 Å². The Labute approximate surface area is 174 Å². The molecule has 0 aliphatic carbocycles. The molecule has 1 aliphatic heterocycles. The Morgan fingerprint density at radius 3 is 2.63 bits per heavy atom. The Morgan fingerprint density at radius 1 is 1.20 bits per heavy atom. The first kappa shape index (κ1) is 22.3. The third kappa shape index (κ3) is 4.85. The molecule has 6 nitrogen and oxygen atoms in total. The number of aliphatic hydroxyl groups excluding tert-OH is 1. The summed E-state index contributed by atoms with van der Waals surface area (Å²) in [6.45, 7) is 2.26. The van der Waals surface area contributed by atoms with Crippen molar-refractivity contribution in [3.8, 4) is 0 Å². The van der Waals surface area contributed by atoms with Crippen LogP contribution in [0.3, 0.4) is 0 Å². The Hall–Kier alpha value is -2.36. The van der Waals surface area contributed by atoms with Gasteiger partial charge in [-0.1, -0.05) is 6.07 Å². The molecule has 1 saturated heterocycles. The molecular formula is C21H24F2N2O4S. The van der Waals surface area contributed by atoms with Gasteiger partial charge in [-0.05, 0) is 62.4 Å². The topological polar surface area (TPSA) is 86.7 Å². The summed E-state index contributed by atoms with van der Waals surface area (Å²) in [6.07, 6.45) is 1.98. The second kappa shape index (κ2) is 9.20. The van der Waals surface area contributed by atoms with Gasteiger partial charge in [0.25, 0.3) is 5.91 Å². The quantitative estimate of drug-likeness (QED) is 0.724. The molecule has 1 aliphatic rings. The summed E-state index contributed by atoms with van der Waals surface area (Å²) in [4.78, 5) is 12.5. The second-order valence-electron chi connectivity index (χ2n) is 7.48. The normalized spacial score (nSPS) is 20.1. The van der Waals surface area contributed by atoms with Gasteiger partial charge in [0.1, 0.15) is 0 Å². The van der Waals surface area contributed by atoms with E-state index in [1.807, 2.05) is 6.92 Å². The minimum absolute atomic E-state index is 0.00658. The molecule has 2 unspecified atom stereocenters. The first-order valence-corrected chi connectivity index (χ1v) is 11.2. The lowest BCUT2D eigenvalue weighted by Crippen LogP contribution is -2.44. The first-order chi connectivity index (χ1) is 14.2. The summed E-state index contributed by atoms with van der Waals surface area (Å²) in [5.74, 6) is -2.47. The van der Waals surface area contributed by atoms with Gasteiger partial charge in [0.05, 0.1) is 4.90 Å². The molecule has 1 heterocycles. The van der Waals surface area contributed by atoms with Crippen LogP contribution in [0.1, 0.15) is 36.5 Å². The van der Waals surface area contributed by atoms with Gasteiger partial charge in [-0.2, -0.15) is 4.31 Å². The van der Waals surface area contributed by atoms with Crippen LogP contribution in [0.2, 0.25) is 0 Å². The molecule has 162 valence electrons. The highest BCUT2D eigenvalue weighted by molar-refractivity contribution is 7.89. The van der Waals surface area contributed by atoms with E-state index in [4.69, 9.17) is 5.11 Å². The van der Waals surface area contributed by atoms with Crippen molar-refractivity contribution < 1.29 is 27.1 Å². The van der Waals surface area contributed by atoms with E-state index in [2.05, 4.69) is 5.32 Å². The Morgan fingerprint density at radius 2 is 1.97 bits per heavy atom. The van der Waals surface area contributed by atoms with E-state index in [9.17, 15) is 22.0 Å². The van der Waals surface area contributed by atoms with Crippen molar-refractivity contribution in [1.29, 1.82) is 0 Å². The van der Waals surface area contributed by atoms with Crippen molar-refractivity contribution in [2.45, 2.75) is 37.1 Å². The van der Waals surface area contributed by atoms with Gasteiger partial charge >= 0.3 is 0 Å². The zero-order valence-corrected chi connectivity index (χ0v) is 17.3. The molecule has 1 fully saturated rings. The number of hydrogen-bond acceptors (Lipinski definition) is 4. The number of rotatable bonds is 6. The van der Waals surface area contributed by atoms with Crippen LogP contribution in [-0.2, 0) is 10.0 Å². The van der Waals surface area contributed by atoms with Gasteiger partial charge in [0.15, 0.2) is 11.6 Å². The smallest absolute Gasteiger partial charge is 0.255 e. The average molecular weight is 438 g/mol. The van der Waals surface area contributed by atoms with Crippen molar-refractivity contribution in [2.24, 2.45) is 5.92 Å². The number of aliphatic hydroxyl groups is 1. The van der Waals surface area contributed by atoms with E-state index in [0.717, 1.165) is 12.1 Å². The molecular weight excluding hydrogens is 414 g/mol. The van der Waals surface area contributed by atoms with E-state index >= 15 is 0 Å². The summed E-state index contributed by atoms with van der Waals surface area (Å²) in [6, 6.07) is 8.36. The van der Waals surface area contributed by atoms with Crippen LogP contribution in [0.15, 0.2) is 47.4 Å². The van der Waals surface area contributed by atoms with Gasteiger partial charge in [-0.25, -0.2) is 17.2 Å². The van der Waals surface area contributed by atoms with Gasteiger partial charge in [0, 0.05) is 36.5 Å². The summed E-state index contributed by atoms with van der Waals surface area (Å²) in [5.41, 5.74) is 0.148. The zero-order valence-electron chi connectivity index (χ0n) is 16.5. The fourth-order valence-electron chi connectivity index (χ4n) is 3.76. The van der Waals surface area contributed by atoms with Gasteiger partial charge in [-0.15, -0.1) is 0 Å². The van der Waals surface area contributed by atoms with E-state index in [1.54, 1.807) is 0 Å². The van der Waals surface area contributed by atoms with Crippen LogP contribution in [-0.4, -0.2) is 42.9 Å². The molecule has 2 aromatic rings. The predicted molar refractivity (Wildman–Crippen MR) is 109 cm³/mol. The SMILES string of the molecule is CC1CC(CCO)CCN1S(=O)(=O)c1cccc(C(=O)Nc2ccc(F)c(F)c2)c1. The number of carbonyl (C=O) groups is 1. The molecule has 9 heteroatoms. The number of halogens is 2. The third-order valence-electron chi connectivity index (χ3n) is 5.34. The molecule has 30 heavy (non-hydrogen) atoms. The second-order valence-corrected chi connectivity index (χ2v) is 9.37. The fourth-order valence-corrected chi connectivity index (χ4v) is 5.46. The molecule has 1 amide bonds. The van der Waals surface area contributed by atoms with Crippen molar-refractivity contribution in [1.82, 2.24) is 4.31 Å². The van der Waals surface area contributed by atoms with Crippen LogP contribution in [0.5, 0.6) is 0 Å². The molecule has 0 aromatic heterocycles. The Balaban J connectivity index is 1.78. The highest BCUT2D eigenvalue weighted by Gasteiger charge is 2.34. The fraction of sp³-hybridized carbons (Fsp3) is 0.381. The lowest BCUT2D eigenvalue weighted by Gasteiger charge is -2.36. The number of nitrogens with zero attached hydrogens (tertiary/aromatic N) is 1. The van der Waals surface area contributed by atoms with Crippen molar-refractivity contribution in [2.75, 3.05) is 18.5 Å². The highest BCUT2D eigenvalue weighted by atomic mass is 32.2. The molecule has 0 spiro atoms. The summed E-state index contributed by atoms with van der Waals surface area (Å²) in [5, 5.41) is 11.6. The van der Waals surface area contributed by atoms with E-state index in [1.165, 1.54) is 34.6 Å². The number of anilines is 1. The number of piperidine rings is 1. The molecule has 2 atom stereocenters. The Kier molecular flexibility index (Phi) is 6.84. The van der Waals surface area contributed by atoms with Crippen LogP contribution in [0.4, 0.5) is 14.5 Å². The van der Waals surface area contributed by atoms with E-state index in [0.29, 0.717) is 25.8 Å². The number of hydrogen-bond donors (Lipinski definition) is 2. The molecule has 0 bridgehead atoms.